The Morgan fingerprint density at radius 2 is 2.44 bits per heavy atom. The number of hydrogen-bond donors (Lipinski definition) is 3. The van der Waals surface area contributed by atoms with Crippen molar-refractivity contribution in [2.45, 2.75) is 19.4 Å². The van der Waals surface area contributed by atoms with Gasteiger partial charge >= 0.3 is 0 Å². The maximum atomic E-state index is 4.37. The minimum atomic E-state index is 0.449. The number of guanidine groups is 1. The molecule has 0 bridgehead atoms. The van der Waals surface area contributed by atoms with E-state index in [1.54, 1.807) is 6.20 Å². The molecule has 5 heteroatoms. The summed E-state index contributed by atoms with van der Waals surface area (Å²) in [5, 5.41) is 7.81. The molecule has 0 aliphatic carbocycles. The summed E-state index contributed by atoms with van der Waals surface area (Å²) in [5.74, 6) is 0.917. The zero-order chi connectivity index (χ0) is 12.4. The average Bonchev–Trinajstić information content (AvgIpc) is 2.97. The van der Waals surface area contributed by atoms with E-state index in [4.69, 9.17) is 0 Å². The van der Waals surface area contributed by atoms with Gasteiger partial charge in [0.15, 0.2) is 5.96 Å². The van der Waals surface area contributed by atoms with Crippen LogP contribution in [0.4, 0.5) is 0 Å². The van der Waals surface area contributed by atoms with Gasteiger partial charge in [-0.1, -0.05) is 0 Å². The zero-order valence-electron chi connectivity index (χ0n) is 10.4. The number of fused-ring (bicyclic) bond motifs is 1. The number of aromatic amines is 1. The summed E-state index contributed by atoms with van der Waals surface area (Å²) in [7, 11) is 0. The zero-order valence-corrected chi connectivity index (χ0v) is 10.4. The van der Waals surface area contributed by atoms with E-state index >= 15 is 0 Å². The highest BCUT2D eigenvalue weighted by atomic mass is 15.2. The molecule has 0 spiro atoms. The van der Waals surface area contributed by atoms with Crippen molar-refractivity contribution in [2.24, 2.45) is 4.99 Å². The van der Waals surface area contributed by atoms with E-state index in [1.165, 1.54) is 10.9 Å². The van der Waals surface area contributed by atoms with Crippen LogP contribution in [0.3, 0.4) is 0 Å². The highest BCUT2D eigenvalue weighted by molar-refractivity contribution is 5.82. The number of pyridine rings is 1. The van der Waals surface area contributed by atoms with E-state index in [-0.39, 0.29) is 0 Å². The molecule has 3 heterocycles. The van der Waals surface area contributed by atoms with Crippen molar-refractivity contribution in [3.63, 3.8) is 0 Å². The standard InChI is InChI=1S/C13H17N5/c1-9-7-17-13(18-9)15-6-4-10-8-16-12-11(10)3-2-5-14-12/h2-3,5,8-9H,4,6-7H2,1H3,(H,14,16)(H2,15,17,18). The van der Waals surface area contributed by atoms with Crippen LogP contribution < -0.4 is 10.6 Å². The Morgan fingerprint density at radius 3 is 3.28 bits per heavy atom. The Morgan fingerprint density at radius 1 is 1.50 bits per heavy atom. The molecule has 1 atom stereocenters. The van der Waals surface area contributed by atoms with E-state index < -0.39 is 0 Å². The van der Waals surface area contributed by atoms with Crippen LogP contribution in [-0.2, 0) is 6.42 Å². The lowest BCUT2D eigenvalue weighted by Crippen LogP contribution is -2.38. The molecule has 0 amide bonds. The maximum Gasteiger partial charge on any atom is 0.191 e. The molecular weight excluding hydrogens is 226 g/mol. The lowest BCUT2D eigenvalue weighted by atomic mass is 10.1. The molecule has 0 saturated heterocycles. The van der Waals surface area contributed by atoms with Gasteiger partial charge in [-0.3, -0.25) is 4.99 Å². The maximum absolute atomic E-state index is 4.37. The minimum Gasteiger partial charge on any atom is -0.356 e. The molecule has 3 rings (SSSR count). The van der Waals surface area contributed by atoms with E-state index in [1.807, 2.05) is 12.3 Å². The molecule has 1 aliphatic rings. The van der Waals surface area contributed by atoms with Gasteiger partial charge in [-0.05, 0) is 31.0 Å². The Bertz CT molecular complexity index is 572. The van der Waals surface area contributed by atoms with Gasteiger partial charge in [-0.2, -0.15) is 0 Å². The van der Waals surface area contributed by atoms with Crippen LogP contribution in [0, 0.1) is 0 Å². The number of rotatable bonds is 3. The van der Waals surface area contributed by atoms with Gasteiger partial charge in [0.2, 0.25) is 0 Å². The second-order valence-corrected chi connectivity index (χ2v) is 4.62. The first-order chi connectivity index (χ1) is 8.83. The smallest absolute Gasteiger partial charge is 0.191 e. The number of aromatic nitrogens is 2. The molecule has 0 saturated carbocycles. The molecule has 0 fully saturated rings. The van der Waals surface area contributed by atoms with E-state index in [2.05, 4.69) is 38.6 Å². The number of hydrogen-bond acceptors (Lipinski definition) is 4. The molecule has 18 heavy (non-hydrogen) atoms. The molecule has 2 aromatic rings. The van der Waals surface area contributed by atoms with Gasteiger partial charge in [0.1, 0.15) is 5.65 Å². The Balaban J connectivity index is 1.60. The van der Waals surface area contributed by atoms with Gasteiger partial charge in [-0.25, -0.2) is 4.98 Å². The van der Waals surface area contributed by atoms with Gasteiger partial charge in [-0.15, -0.1) is 0 Å². The van der Waals surface area contributed by atoms with Crippen LogP contribution in [-0.4, -0.2) is 35.1 Å². The van der Waals surface area contributed by atoms with Crippen LogP contribution in [0.1, 0.15) is 12.5 Å². The number of nitrogens with zero attached hydrogens (tertiary/aromatic N) is 2. The average molecular weight is 243 g/mol. The lowest BCUT2D eigenvalue weighted by Gasteiger charge is -2.08. The topological polar surface area (TPSA) is 65.1 Å². The summed E-state index contributed by atoms with van der Waals surface area (Å²) in [5.41, 5.74) is 2.25. The van der Waals surface area contributed by atoms with Gasteiger partial charge < -0.3 is 15.6 Å². The number of nitrogens with one attached hydrogen (secondary N) is 3. The van der Waals surface area contributed by atoms with Crippen molar-refractivity contribution >= 4 is 17.0 Å². The molecule has 2 aromatic heterocycles. The highest BCUT2D eigenvalue weighted by Gasteiger charge is 2.11. The lowest BCUT2D eigenvalue weighted by molar-refractivity contribution is 0.712. The normalized spacial score (nSPS) is 18.7. The van der Waals surface area contributed by atoms with Gasteiger partial charge in [0.25, 0.3) is 0 Å². The monoisotopic (exact) mass is 243 g/mol. The predicted molar refractivity (Wildman–Crippen MR) is 72.7 cm³/mol. The molecule has 3 N–H and O–H groups in total. The molecule has 1 unspecified atom stereocenters. The van der Waals surface area contributed by atoms with Crippen molar-refractivity contribution in [1.29, 1.82) is 0 Å². The van der Waals surface area contributed by atoms with Crippen LogP contribution in [0.15, 0.2) is 29.5 Å². The molecule has 0 radical (unpaired) electrons. The summed E-state index contributed by atoms with van der Waals surface area (Å²) in [4.78, 5) is 11.8. The van der Waals surface area contributed by atoms with Crippen LogP contribution in [0.25, 0.3) is 11.0 Å². The van der Waals surface area contributed by atoms with Crippen molar-refractivity contribution in [1.82, 2.24) is 20.6 Å². The predicted octanol–water partition coefficient (Wildman–Crippen LogP) is 1.04. The molecule has 0 aromatic carbocycles. The van der Waals surface area contributed by atoms with E-state index in [0.717, 1.165) is 31.1 Å². The fourth-order valence-corrected chi connectivity index (χ4v) is 2.19. The fraction of sp³-hybridized carbons (Fsp3) is 0.385. The Labute approximate surface area is 106 Å². The first-order valence-corrected chi connectivity index (χ1v) is 6.29. The molecule has 1 aliphatic heterocycles. The van der Waals surface area contributed by atoms with Crippen molar-refractivity contribution < 1.29 is 0 Å². The third kappa shape index (κ3) is 2.16. The Hall–Kier alpha value is -2.04. The third-order valence-corrected chi connectivity index (χ3v) is 3.13. The summed E-state index contributed by atoms with van der Waals surface area (Å²) >= 11 is 0. The Kier molecular flexibility index (Phi) is 2.88. The number of aliphatic imine (C=N–C) groups is 1. The van der Waals surface area contributed by atoms with Crippen LogP contribution >= 0.6 is 0 Å². The molecular formula is C13H17N5. The van der Waals surface area contributed by atoms with Crippen molar-refractivity contribution in [3.05, 3.63) is 30.1 Å². The first-order valence-electron chi connectivity index (χ1n) is 6.29. The first kappa shape index (κ1) is 11.1. The quantitative estimate of drug-likeness (QED) is 0.754. The number of H-pyrrole nitrogens is 1. The van der Waals surface area contributed by atoms with Gasteiger partial charge in [0, 0.05) is 30.4 Å². The third-order valence-electron chi connectivity index (χ3n) is 3.13. The summed E-state index contributed by atoms with van der Waals surface area (Å²) in [6.07, 6.45) is 4.80. The second kappa shape index (κ2) is 4.68. The molecule has 94 valence electrons. The largest absolute Gasteiger partial charge is 0.356 e. The minimum absolute atomic E-state index is 0.449. The SMILES string of the molecule is CC1CN=C(NCCc2c[nH]c3ncccc23)N1. The molecule has 5 nitrogen and oxygen atoms in total. The highest BCUT2D eigenvalue weighted by Crippen LogP contribution is 2.15. The van der Waals surface area contributed by atoms with Crippen molar-refractivity contribution in [2.75, 3.05) is 13.1 Å². The second-order valence-electron chi connectivity index (χ2n) is 4.62. The van der Waals surface area contributed by atoms with E-state index in [9.17, 15) is 0 Å². The summed E-state index contributed by atoms with van der Waals surface area (Å²) in [6.45, 7) is 3.86. The van der Waals surface area contributed by atoms with Crippen molar-refractivity contribution in [3.8, 4) is 0 Å². The van der Waals surface area contributed by atoms with Crippen LogP contribution in [0.2, 0.25) is 0 Å². The fourth-order valence-electron chi connectivity index (χ4n) is 2.19. The summed E-state index contributed by atoms with van der Waals surface area (Å²) in [6, 6.07) is 4.52. The van der Waals surface area contributed by atoms with Crippen LogP contribution in [0.5, 0.6) is 0 Å². The summed E-state index contributed by atoms with van der Waals surface area (Å²) < 4.78 is 0. The van der Waals surface area contributed by atoms with E-state index in [0.29, 0.717) is 6.04 Å². The van der Waals surface area contributed by atoms with Gasteiger partial charge in [0.05, 0.1) is 6.54 Å².